The fraction of sp³-hybridized carbons (Fsp3) is 0.923. The third-order valence-electron chi connectivity index (χ3n) is 4.18. The lowest BCUT2D eigenvalue weighted by molar-refractivity contribution is -0.125. The first-order chi connectivity index (χ1) is 7.77. The Kier molecular flexibility index (Phi) is 4.22. The Morgan fingerprint density at radius 1 is 1.31 bits per heavy atom. The Morgan fingerprint density at radius 3 is 2.69 bits per heavy atom. The van der Waals surface area contributed by atoms with Crippen molar-refractivity contribution in [1.82, 2.24) is 10.6 Å². The van der Waals surface area contributed by atoms with Crippen molar-refractivity contribution >= 4 is 5.91 Å². The van der Waals surface area contributed by atoms with Gasteiger partial charge in [-0.2, -0.15) is 0 Å². The topological polar surface area (TPSA) is 41.1 Å². The van der Waals surface area contributed by atoms with Gasteiger partial charge in [-0.3, -0.25) is 4.79 Å². The lowest BCUT2D eigenvalue weighted by Crippen LogP contribution is -2.35. The third kappa shape index (κ3) is 2.97. The molecule has 1 heterocycles. The van der Waals surface area contributed by atoms with Crippen LogP contribution in [0.15, 0.2) is 0 Å². The second kappa shape index (κ2) is 5.67. The maximum absolute atomic E-state index is 11.9. The minimum absolute atomic E-state index is 0.198. The Morgan fingerprint density at radius 2 is 2.06 bits per heavy atom. The summed E-state index contributed by atoms with van der Waals surface area (Å²) >= 11 is 0. The summed E-state index contributed by atoms with van der Waals surface area (Å²) in [6.07, 6.45) is 6.71. The number of hydrogen-bond donors (Lipinski definition) is 2. The van der Waals surface area contributed by atoms with E-state index in [1.807, 2.05) is 0 Å². The van der Waals surface area contributed by atoms with Crippen LogP contribution in [0.25, 0.3) is 0 Å². The van der Waals surface area contributed by atoms with Gasteiger partial charge in [0.1, 0.15) is 0 Å². The maximum atomic E-state index is 11.9. The number of amides is 1. The SMILES string of the molecule is CC1CNCC1C(=O)NCCC1CCCC1. The smallest absolute Gasteiger partial charge is 0.224 e. The monoisotopic (exact) mass is 224 g/mol. The molecule has 2 rings (SSSR count). The number of hydrogen-bond acceptors (Lipinski definition) is 2. The highest BCUT2D eigenvalue weighted by Gasteiger charge is 2.29. The van der Waals surface area contributed by atoms with E-state index in [9.17, 15) is 4.79 Å². The molecule has 1 amide bonds. The molecule has 1 saturated carbocycles. The highest BCUT2D eigenvalue weighted by atomic mass is 16.1. The van der Waals surface area contributed by atoms with Gasteiger partial charge in [0.2, 0.25) is 5.91 Å². The zero-order valence-corrected chi connectivity index (χ0v) is 10.3. The molecule has 1 aliphatic carbocycles. The summed E-state index contributed by atoms with van der Waals surface area (Å²) in [5.74, 6) is 1.82. The molecule has 2 fully saturated rings. The maximum Gasteiger partial charge on any atom is 0.224 e. The molecule has 92 valence electrons. The highest BCUT2D eigenvalue weighted by Crippen LogP contribution is 2.27. The molecule has 1 aliphatic heterocycles. The largest absolute Gasteiger partial charge is 0.356 e. The fourth-order valence-corrected chi connectivity index (χ4v) is 2.99. The number of carbonyl (C=O) groups is 1. The summed E-state index contributed by atoms with van der Waals surface area (Å²) in [6, 6.07) is 0. The van der Waals surface area contributed by atoms with Gasteiger partial charge in [-0.25, -0.2) is 0 Å². The molecule has 2 unspecified atom stereocenters. The zero-order chi connectivity index (χ0) is 11.4. The van der Waals surface area contributed by atoms with E-state index in [0.717, 1.165) is 25.6 Å². The lowest BCUT2D eigenvalue weighted by Gasteiger charge is -2.15. The molecule has 2 N–H and O–H groups in total. The Hall–Kier alpha value is -0.570. The second-order valence-corrected chi connectivity index (χ2v) is 5.47. The Labute approximate surface area is 98.4 Å². The quantitative estimate of drug-likeness (QED) is 0.760. The van der Waals surface area contributed by atoms with Crippen LogP contribution < -0.4 is 10.6 Å². The van der Waals surface area contributed by atoms with Gasteiger partial charge >= 0.3 is 0 Å². The van der Waals surface area contributed by atoms with Crippen LogP contribution in [-0.4, -0.2) is 25.5 Å². The Bertz CT molecular complexity index is 236. The van der Waals surface area contributed by atoms with E-state index in [1.54, 1.807) is 0 Å². The summed E-state index contributed by atoms with van der Waals surface area (Å²) in [7, 11) is 0. The highest BCUT2D eigenvalue weighted by molar-refractivity contribution is 5.79. The van der Waals surface area contributed by atoms with E-state index in [1.165, 1.54) is 32.1 Å². The van der Waals surface area contributed by atoms with Crippen molar-refractivity contribution in [2.45, 2.75) is 39.0 Å². The summed E-state index contributed by atoms with van der Waals surface area (Å²) in [5, 5.41) is 6.38. The van der Waals surface area contributed by atoms with Gasteiger partial charge in [-0.15, -0.1) is 0 Å². The van der Waals surface area contributed by atoms with Crippen LogP contribution in [0.3, 0.4) is 0 Å². The summed E-state index contributed by atoms with van der Waals surface area (Å²) in [4.78, 5) is 11.9. The van der Waals surface area contributed by atoms with Gasteiger partial charge in [0.15, 0.2) is 0 Å². The first kappa shape index (κ1) is 11.9. The van der Waals surface area contributed by atoms with E-state index in [-0.39, 0.29) is 11.8 Å². The average molecular weight is 224 g/mol. The van der Waals surface area contributed by atoms with E-state index in [4.69, 9.17) is 0 Å². The molecule has 1 saturated heterocycles. The van der Waals surface area contributed by atoms with Gasteiger partial charge < -0.3 is 10.6 Å². The van der Waals surface area contributed by atoms with Gasteiger partial charge in [-0.05, 0) is 24.8 Å². The van der Waals surface area contributed by atoms with Crippen molar-refractivity contribution < 1.29 is 4.79 Å². The van der Waals surface area contributed by atoms with Crippen molar-refractivity contribution in [2.75, 3.05) is 19.6 Å². The second-order valence-electron chi connectivity index (χ2n) is 5.47. The van der Waals surface area contributed by atoms with Gasteiger partial charge in [-0.1, -0.05) is 32.6 Å². The van der Waals surface area contributed by atoms with Crippen molar-refractivity contribution in [3.05, 3.63) is 0 Å². The first-order valence-electron chi connectivity index (χ1n) is 6.76. The normalized spacial score (nSPS) is 30.8. The molecular formula is C13H24N2O. The van der Waals surface area contributed by atoms with Crippen LogP contribution in [0.4, 0.5) is 0 Å². The third-order valence-corrected chi connectivity index (χ3v) is 4.18. The van der Waals surface area contributed by atoms with Crippen LogP contribution in [-0.2, 0) is 4.79 Å². The van der Waals surface area contributed by atoms with Gasteiger partial charge in [0.05, 0.1) is 5.92 Å². The van der Waals surface area contributed by atoms with Crippen LogP contribution in [0.1, 0.15) is 39.0 Å². The van der Waals surface area contributed by atoms with Crippen LogP contribution in [0, 0.1) is 17.8 Å². The first-order valence-corrected chi connectivity index (χ1v) is 6.76. The van der Waals surface area contributed by atoms with Crippen molar-refractivity contribution in [3.63, 3.8) is 0 Å². The molecule has 0 aromatic heterocycles. The summed E-state index contributed by atoms with van der Waals surface area (Å²) in [5.41, 5.74) is 0. The molecule has 0 spiro atoms. The average Bonchev–Trinajstić information content (AvgIpc) is 2.88. The van der Waals surface area contributed by atoms with E-state index in [0.29, 0.717) is 5.92 Å². The van der Waals surface area contributed by atoms with Gasteiger partial charge in [0, 0.05) is 13.1 Å². The molecule has 2 aliphatic rings. The van der Waals surface area contributed by atoms with Crippen LogP contribution >= 0.6 is 0 Å². The molecule has 0 aromatic carbocycles. The minimum atomic E-state index is 0.198. The standard InChI is InChI=1S/C13H24N2O/c1-10-8-14-9-12(10)13(16)15-7-6-11-4-2-3-5-11/h10-12,14H,2-9H2,1H3,(H,15,16). The number of rotatable bonds is 4. The molecule has 0 aromatic rings. The Balaban J connectivity index is 1.63. The molecule has 0 radical (unpaired) electrons. The van der Waals surface area contributed by atoms with Crippen molar-refractivity contribution in [1.29, 1.82) is 0 Å². The van der Waals surface area contributed by atoms with Crippen molar-refractivity contribution in [3.8, 4) is 0 Å². The lowest BCUT2D eigenvalue weighted by atomic mass is 9.97. The number of carbonyl (C=O) groups excluding carboxylic acids is 1. The molecular weight excluding hydrogens is 200 g/mol. The molecule has 3 heteroatoms. The zero-order valence-electron chi connectivity index (χ0n) is 10.3. The van der Waals surface area contributed by atoms with Gasteiger partial charge in [0.25, 0.3) is 0 Å². The summed E-state index contributed by atoms with van der Waals surface area (Å²) < 4.78 is 0. The van der Waals surface area contributed by atoms with E-state index in [2.05, 4.69) is 17.6 Å². The molecule has 3 nitrogen and oxygen atoms in total. The number of nitrogens with one attached hydrogen (secondary N) is 2. The van der Waals surface area contributed by atoms with Crippen molar-refractivity contribution in [2.24, 2.45) is 17.8 Å². The molecule has 2 atom stereocenters. The van der Waals surface area contributed by atoms with E-state index < -0.39 is 0 Å². The minimum Gasteiger partial charge on any atom is -0.356 e. The van der Waals surface area contributed by atoms with Crippen LogP contribution in [0.5, 0.6) is 0 Å². The molecule has 0 bridgehead atoms. The fourth-order valence-electron chi connectivity index (χ4n) is 2.99. The predicted octanol–water partition coefficient (Wildman–Crippen LogP) is 1.54. The van der Waals surface area contributed by atoms with E-state index >= 15 is 0 Å². The summed E-state index contributed by atoms with van der Waals surface area (Å²) in [6.45, 7) is 4.88. The predicted molar refractivity (Wildman–Crippen MR) is 65.1 cm³/mol. The van der Waals surface area contributed by atoms with Crippen LogP contribution in [0.2, 0.25) is 0 Å². The molecule has 16 heavy (non-hydrogen) atoms.